The quantitative estimate of drug-likeness (QED) is 0.804. The third kappa shape index (κ3) is 2.11. The number of benzene rings is 1. The number of nitrogens with zero attached hydrogens (tertiary/aromatic N) is 1. The van der Waals surface area contributed by atoms with E-state index in [1.54, 1.807) is 6.07 Å². The van der Waals surface area contributed by atoms with Gasteiger partial charge < -0.3 is 5.11 Å². The van der Waals surface area contributed by atoms with Crippen LogP contribution in [0.2, 0.25) is 0 Å². The lowest BCUT2D eigenvalue weighted by Gasteiger charge is -2.31. The molecule has 1 aromatic carbocycles. The van der Waals surface area contributed by atoms with Crippen molar-refractivity contribution < 1.29 is 9.90 Å². The third-order valence-corrected chi connectivity index (χ3v) is 5.23. The van der Waals surface area contributed by atoms with Crippen LogP contribution in [-0.4, -0.2) is 16.8 Å². The predicted molar refractivity (Wildman–Crippen MR) is 91.8 cm³/mol. The van der Waals surface area contributed by atoms with Crippen LogP contribution in [-0.2, 0) is 10.8 Å². The smallest absolute Gasteiger partial charge is 0.336 e. The van der Waals surface area contributed by atoms with E-state index in [4.69, 9.17) is 4.99 Å². The molecule has 1 aliphatic rings. The summed E-state index contributed by atoms with van der Waals surface area (Å²) < 4.78 is 0. The summed E-state index contributed by atoms with van der Waals surface area (Å²) in [7, 11) is 0. The summed E-state index contributed by atoms with van der Waals surface area (Å²) in [6.45, 7) is 18.4. The normalized spacial score (nSPS) is 16.2. The van der Waals surface area contributed by atoms with Gasteiger partial charge in [-0.1, -0.05) is 39.8 Å². The Morgan fingerprint density at radius 3 is 2.32 bits per heavy atom. The second kappa shape index (κ2) is 4.80. The Morgan fingerprint density at radius 1 is 1.32 bits per heavy atom. The number of carboxylic acid groups (broad SMARTS) is 1. The zero-order valence-electron chi connectivity index (χ0n) is 14.6. The molecule has 0 atom stereocenters. The van der Waals surface area contributed by atoms with E-state index in [1.807, 2.05) is 34.6 Å². The van der Waals surface area contributed by atoms with E-state index in [-0.39, 0.29) is 10.8 Å². The number of fused-ring (bicyclic) bond motifs is 1. The lowest BCUT2D eigenvalue weighted by Crippen LogP contribution is -2.27. The van der Waals surface area contributed by atoms with Gasteiger partial charge in [0.1, 0.15) is 0 Å². The maximum atomic E-state index is 11.7. The number of allylic oxidation sites excluding steroid dienone is 1. The van der Waals surface area contributed by atoms with E-state index < -0.39 is 5.97 Å². The summed E-state index contributed by atoms with van der Waals surface area (Å²) >= 11 is 0. The van der Waals surface area contributed by atoms with Crippen molar-refractivity contribution >= 4 is 17.4 Å². The van der Waals surface area contributed by atoms with Gasteiger partial charge in [0.15, 0.2) is 0 Å². The molecule has 22 heavy (non-hydrogen) atoms. The highest BCUT2D eigenvalue weighted by molar-refractivity contribution is 6.05. The van der Waals surface area contributed by atoms with Crippen molar-refractivity contribution in [2.75, 3.05) is 0 Å². The van der Waals surface area contributed by atoms with E-state index in [1.165, 1.54) is 0 Å². The van der Waals surface area contributed by atoms with Gasteiger partial charge in [0.2, 0.25) is 0 Å². The highest BCUT2D eigenvalue weighted by Gasteiger charge is 2.41. The van der Waals surface area contributed by atoms with Gasteiger partial charge in [0, 0.05) is 22.1 Å². The number of carboxylic acids is 1. The van der Waals surface area contributed by atoms with Gasteiger partial charge in [-0.15, -0.1) is 0 Å². The van der Waals surface area contributed by atoms with Crippen molar-refractivity contribution in [2.45, 2.75) is 59.3 Å². The molecule has 3 nitrogen and oxygen atoms in total. The highest BCUT2D eigenvalue weighted by atomic mass is 16.4. The van der Waals surface area contributed by atoms with E-state index >= 15 is 0 Å². The number of aryl methyl sites for hydroxylation is 1. The maximum absolute atomic E-state index is 11.7. The second-order valence-electron chi connectivity index (χ2n) is 7.37. The fourth-order valence-electron chi connectivity index (χ4n) is 3.20. The second-order valence-corrected chi connectivity index (χ2v) is 7.37. The molecule has 0 saturated carbocycles. The SMILES string of the molecule is C=C(C)C(C)(C)c1c(C)cc(C(=O)O)c2c1N=C(C)C2(C)C. The van der Waals surface area contributed by atoms with Gasteiger partial charge >= 0.3 is 5.97 Å². The first-order valence-electron chi connectivity index (χ1n) is 7.56. The number of aromatic carboxylic acids is 1. The number of hydrogen-bond acceptors (Lipinski definition) is 2. The molecular formula is C19H25NO2. The Balaban J connectivity index is 2.96. The number of carbonyl (C=O) groups is 1. The van der Waals surface area contributed by atoms with Crippen LogP contribution in [0.25, 0.3) is 0 Å². The summed E-state index contributed by atoms with van der Waals surface area (Å²) in [5.41, 5.74) is 5.43. The van der Waals surface area contributed by atoms with Crippen LogP contribution in [0.15, 0.2) is 23.2 Å². The van der Waals surface area contributed by atoms with Crippen molar-refractivity contribution in [3.63, 3.8) is 0 Å². The van der Waals surface area contributed by atoms with E-state index in [9.17, 15) is 9.90 Å². The Hall–Kier alpha value is -1.90. The summed E-state index contributed by atoms with van der Waals surface area (Å²) in [4.78, 5) is 16.5. The van der Waals surface area contributed by atoms with Crippen LogP contribution in [0.1, 0.15) is 68.6 Å². The fourth-order valence-corrected chi connectivity index (χ4v) is 3.20. The topological polar surface area (TPSA) is 49.7 Å². The van der Waals surface area contributed by atoms with Gasteiger partial charge in [0.25, 0.3) is 0 Å². The third-order valence-electron chi connectivity index (χ3n) is 5.23. The van der Waals surface area contributed by atoms with E-state index in [0.29, 0.717) is 5.56 Å². The van der Waals surface area contributed by atoms with Crippen LogP contribution >= 0.6 is 0 Å². The Bertz CT molecular complexity index is 721. The minimum atomic E-state index is -0.892. The summed E-state index contributed by atoms with van der Waals surface area (Å²) in [6.07, 6.45) is 0. The molecule has 0 aromatic heterocycles. The zero-order chi connectivity index (χ0) is 17.0. The van der Waals surface area contributed by atoms with Crippen LogP contribution in [0, 0.1) is 6.92 Å². The number of aliphatic imine (C=N–C) groups is 1. The molecule has 1 N–H and O–H groups in total. The van der Waals surface area contributed by atoms with Gasteiger partial charge in [0.05, 0.1) is 11.3 Å². The molecule has 0 unspecified atom stereocenters. The van der Waals surface area contributed by atoms with Crippen molar-refractivity contribution in [3.8, 4) is 0 Å². The van der Waals surface area contributed by atoms with Crippen molar-refractivity contribution in [1.29, 1.82) is 0 Å². The minimum Gasteiger partial charge on any atom is -0.478 e. The first kappa shape index (κ1) is 16.5. The fraction of sp³-hybridized carbons (Fsp3) is 0.474. The molecule has 0 aliphatic carbocycles. The van der Waals surface area contributed by atoms with Crippen LogP contribution in [0.4, 0.5) is 5.69 Å². The molecule has 0 fully saturated rings. The lowest BCUT2D eigenvalue weighted by molar-refractivity contribution is 0.0694. The first-order valence-corrected chi connectivity index (χ1v) is 7.56. The Morgan fingerprint density at radius 2 is 1.86 bits per heavy atom. The van der Waals surface area contributed by atoms with E-state index in [2.05, 4.69) is 20.4 Å². The van der Waals surface area contributed by atoms with Crippen molar-refractivity contribution in [1.82, 2.24) is 0 Å². The molecular weight excluding hydrogens is 274 g/mol. The lowest BCUT2D eigenvalue weighted by atomic mass is 9.71. The standard InChI is InChI=1S/C19H25NO2/c1-10(2)18(5,6)14-11(3)9-13(17(21)22)15-16(14)20-12(4)19(15,7)8/h9H,1H2,2-8H3,(H,21,22). The van der Waals surface area contributed by atoms with Crippen LogP contribution in [0.3, 0.4) is 0 Å². The minimum absolute atomic E-state index is 0.255. The van der Waals surface area contributed by atoms with Gasteiger partial charge in [-0.3, -0.25) is 4.99 Å². The average Bonchev–Trinajstić information content (AvgIpc) is 2.58. The predicted octanol–water partition coefficient (Wildman–Crippen LogP) is 4.93. The molecule has 118 valence electrons. The van der Waals surface area contributed by atoms with Crippen molar-refractivity contribution in [3.05, 3.63) is 40.5 Å². The number of hydrogen-bond donors (Lipinski definition) is 1. The molecule has 1 heterocycles. The van der Waals surface area contributed by atoms with Crippen LogP contribution in [0.5, 0.6) is 0 Å². The highest BCUT2D eigenvalue weighted by Crippen LogP contribution is 2.49. The molecule has 1 aliphatic heterocycles. The molecule has 1 aromatic rings. The molecule has 0 saturated heterocycles. The number of rotatable bonds is 3. The molecule has 3 heteroatoms. The first-order chi connectivity index (χ1) is 9.92. The van der Waals surface area contributed by atoms with Crippen LogP contribution < -0.4 is 0 Å². The molecule has 0 amide bonds. The monoisotopic (exact) mass is 299 g/mol. The average molecular weight is 299 g/mol. The summed E-state index contributed by atoms with van der Waals surface area (Å²) in [6, 6.07) is 1.79. The van der Waals surface area contributed by atoms with Gasteiger partial charge in [-0.05, 0) is 38.0 Å². The van der Waals surface area contributed by atoms with Gasteiger partial charge in [-0.25, -0.2) is 4.79 Å². The summed E-state index contributed by atoms with van der Waals surface area (Å²) in [5.74, 6) is -0.892. The molecule has 0 spiro atoms. The van der Waals surface area contributed by atoms with Gasteiger partial charge in [-0.2, -0.15) is 0 Å². The Kier molecular flexibility index (Phi) is 3.59. The molecule has 0 radical (unpaired) electrons. The molecule has 2 rings (SSSR count). The summed E-state index contributed by atoms with van der Waals surface area (Å²) in [5, 5.41) is 9.63. The van der Waals surface area contributed by atoms with Crippen molar-refractivity contribution in [2.24, 2.45) is 4.99 Å². The maximum Gasteiger partial charge on any atom is 0.336 e. The van der Waals surface area contributed by atoms with E-state index in [0.717, 1.165) is 33.7 Å². The Labute approximate surface area is 132 Å². The zero-order valence-corrected chi connectivity index (χ0v) is 14.6. The molecule has 0 bridgehead atoms. The largest absolute Gasteiger partial charge is 0.478 e.